The van der Waals surface area contributed by atoms with Gasteiger partial charge in [0.15, 0.2) is 0 Å². The second-order valence-corrected chi connectivity index (χ2v) is 4.94. The zero-order chi connectivity index (χ0) is 17.8. The lowest BCUT2D eigenvalue weighted by atomic mass is 10.2. The molecule has 0 radical (unpaired) electrons. The van der Waals surface area contributed by atoms with Gasteiger partial charge in [-0.3, -0.25) is 4.79 Å². The molecule has 0 saturated carbocycles. The molecule has 0 aliphatic carbocycles. The van der Waals surface area contributed by atoms with Crippen molar-refractivity contribution >= 4 is 0 Å². The highest BCUT2D eigenvalue weighted by Gasteiger charge is 2.17. The Kier molecular flexibility index (Phi) is 4.66. The fourth-order valence-corrected chi connectivity index (χ4v) is 2.00. The molecule has 0 atom stereocenters. The lowest BCUT2D eigenvalue weighted by molar-refractivity contribution is 0.116. The molecule has 2 heterocycles. The Hall–Kier alpha value is -3.34. The normalized spacial score (nSPS) is 10.6. The lowest BCUT2D eigenvalue weighted by Gasteiger charge is -2.01. The largest absolute Gasteiger partial charge is 0.415 e. The van der Waals surface area contributed by atoms with Crippen molar-refractivity contribution < 1.29 is 17.6 Å². The van der Waals surface area contributed by atoms with Gasteiger partial charge in [-0.05, 0) is 24.3 Å². The van der Waals surface area contributed by atoms with Crippen LogP contribution in [0, 0.1) is 17.7 Å². The van der Waals surface area contributed by atoms with Gasteiger partial charge < -0.3 is 8.98 Å². The number of benzene rings is 1. The van der Waals surface area contributed by atoms with Gasteiger partial charge in [-0.1, -0.05) is 17.9 Å². The smallest absolute Gasteiger partial charge is 0.314 e. The van der Waals surface area contributed by atoms with E-state index in [0.29, 0.717) is 5.56 Å². The number of hydrogen-bond donors (Lipinski definition) is 0. The Morgan fingerprint density at radius 3 is 2.72 bits per heavy atom. The van der Waals surface area contributed by atoms with Crippen molar-refractivity contribution in [2.75, 3.05) is 0 Å². The molecular weight excluding hydrogens is 335 g/mol. The van der Waals surface area contributed by atoms with Gasteiger partial charge in [0.05, 0.1) is 6.54 Å². The summed E-state index contributed by atoms with van der Waals surface area (Å²) >= 11 is 0. The molecule has 0 bridgehead atoms. The minimum atomic E-state index is -2.88. The molecule has 5 nitrogen and oxygen atoms in total. The molecule has 8 heteroatoms. The van der Waals surface area contributed by atoms with Crippen LogP contribution < -0.4 is 5.56 Å². The fourth-order valence-electron chi connectivity index (χ4n) is 2.00. The Morgan fingerprint density at radius 2 is 2.04 bits per heavy atom. The van der Waals surface area contributed by atoms with Crippen LogP contribution in [0.15, 0.2) is 51.8 Å². The average Bonchev–Trinajstić information content (AvgIpc) is 3.07. The van der Waals surface area contributed by atoms with Crippen molar-refractivity contribution in [3.63, 3.8) is 0 Å². The molecule has 0 spiro atoms. The summed E-state index contributed by atoms with van der Waals surface area (Å²) < 4.78 is 44.0. The first-order valence-corrected chi connectivity index (χ1v) is 7.10. The molecule has 126 valence electrons. The van der Waals surface area contributed by atoms with Gasteiger partial charge >= 0.3 is 6.43 Å². The fraction of sp³-hybridized carbons (Fsp3) is 0.118. The first kappa shape index (κ1) is 16.5. The Balaban J connectivity index is 1.77. The standard InChI is InChI=1S/C17H10F3N3O2/c18-13-5-1-3-11(9-13)4-2-7-23-8-6-12(10-14(23)24)16-21-22-17(25-16)15(19)20/h1,3,5-6,8-10,15H,7H2. The molecule has 1 aromatic carbocycles. The second kappa shape index (κ2) is 7.05. The number of pyridine rings is 1. The Labute approximate surface area is 139 Å². The summed E-state index contributed by atoms with van der Waals surface area (Å²) in [4.78, 5) is 12.0. The Bertz CT molecular complexity index is 1020. The van der Waals surface area contributed by atoms with Crippen molar-refractivity contribution in [3.05, 3.63) is 70.2 Å². The lowest BCUT2D eigenvalue weighted by Crippen LogP contribution is -2.17. The van der Waals surface area contributed by atoms with E-state index in [1.807, 2.05) is 0 Å². The predicted octanol–water partition coefficient (Wildman–Crippen LogP) is 3.03. The summed E-state index contributed by atoms with van der Waals surface area (Å²) in [6.07, 6.45) is -1.44. The number of alkyl halides is 2. The van der Waals surface area contributed by atoms with E-state index in [4.69, 9.17) is 4.42 Å². The van der Waals surface area contributed by atoms with Crippen LogP contribution in [0.2, 0.25) is 0 Å². The highest BCUT2D eigenvalue weighted by atomic mass is 19.3. The zero-order valence-corrected chi connectivity index (χ0v) is 12.6. The molecule has 25 heavy (non-hydrogen) atoms. The van der Waals surface area contributed by atoms with Gasteiger partial charge in [0.25, 0.3) is 11.4 Å². The number of rotatable bonds is 3. The van der Waals surface area contributed by atoms with E-state index >= 15 is 0 Å². The van der Waals surface area contributed by atoms with Crippen molar-refractivity contribution in [1.29, 1.82) is 0 Å². The number of nitrogens with zero attached hydrogens (tertiary/aromatic N) is 3. The van der Waals surface area contributed by atoms with Gasteiger partial charge in [-0.2, -0.15) is 8.78 Å². The Morgan fingerprint density at radius 1 is 1.20 bits per heavy atom. The first-order valence-electron chi connectivity index (χ1n) is 7.10. The summed E-state index contributed by atoms with van der Waals surface area (Å²) in [5.41, 5.74) is 0.316. The molecule has 0 unspecified atom stereocenters. The molecule has 0 amide bonds. The molecule has 0 N–H and O–H groups in total. The van der Waals surface area contributed by atoms with Crippen LogP contribution in [0.5, 0.6) is 0 Å². The van der Waals surface area contributed by atoms with Gasteiger partial charge in [0.1, 0.15) is 5.82 Å². The van der Waals surface area contributed by atoms with Crippen molar-refractivity contribution in [2.24, 2.45) is 0 Å². The van der Waals surface area contributed by atoms with Crippen LogP contribution in [0.3, 0.4) is 0 Å². The van der Waals surface area contributed by atoms with E-state index in [2.05, 4.69) is 22.0 Å². The van der Waals surface area contributed by atoms with Crippen molar-refractivity contribution in [3.8, 4) is 23.3 Å². The minimum absolute atomic E-state index is 0.0851. The summed E-state index contributed by atoms with van der Waals surface area (Å²) in [6.45, 7) is 0.0851. The van der Waals surface area contributed by atoms with Gasteiger partial charge in [0.2, 0.25) is 5.89 Å². The van der Waals surface area contributed by atoms with Crippen LogP contribution >= 0.6 is 0 Å². The maximum absolute atomic E-state index is 13.0. The molecule has 3 aromatic rings. The van der Waals surface area contributed by atoms with E-state index < -0.39 is 23.7 Å². The van der Waals surface area contributed by atoms with Crippen molar-refractivity contribution in [2.45, 2.75) is 13.0 Å². The molecule has 0 aliphatic heterocycles. The maximum atomic E-state index is 13.0. The second-order valence-electron chi connectivity index (χ2n) is 4.94. The summed E-state index contributed by atoms with van der Waals surface area (Å²) in [5.74, 6) is 4.15. The van der Waals surface area contributed by atoms with E-state index in [9.17, 15) is 18.0 Å². The number of hydrogen-bond acceptors (Lipinski definition) is 4. The third-order valence-corrected chi connectivity index (χ3v) is 3.18. The first-order chi connectivity index (χ1) is 12.0. The topological polar surface area (TPSA) is 60.9 Å². The third-order valence-electron chi connectivity index (χ3n) is 3.18. The van der Waals surface area contributed by atoms with E-state index in [1.54, 1.807) is 12.1 Å². The molecule has 0 aliphatic rings. The van der Waals surface area contributed by atoms with Crippen LogP contribution in [0.1, 0.15) is 17.9 Å². The summed E-state index contributed by atoms with van der Waals surface area (Å²) in [7, 11) is 0. The minimum Gasteiger partial charge on any atom is -0.415 e. The summed E-state index contributed by atoms with van der Waals surface area (Å²) in [5, 5.41) is 6.69. The highest BCUT2D eigenvalue weighted by molar-refractivity contribution is 5.51. The van der Waals surface area contributed by atoms with Gasteiger partial charge in [0, 0.05) is 23.4 Å². The average molecular weight is 345 g/mol. The monoisotopic (exact) mass is 345 g/mol. The SMILES string of the molecule is O=c1cc(-c2nnc(C(F)F)o2)ccn1CC#Cc1cccc(F)c1. The third kappa shape index (κ3) is 3.95. The van der Waals surface area contributed by atoms with Crippen LogP contribution in [-0.4, -0.2) is 14.8 Å². The van der Waals surface area contributed by atoms with E-state index in [1.165, 1.54) is 35.0 Å². The number of halogens is 3. The van der Waals surface area contributed by atoms with Crippen molar-refractivity contribution in [1.82, 2.24) is 14.8 Å². The molecule has 3 rings (SSSR count). The van der Waals surface area contributed by atoms with Gasteiger partial charge in [-0.15, -0.1) is 10.2 Å². The van der Waals surface area contributed by atoms with E-state index in [0.717, 1.165) is 0 Å². The highest BCUT2D eigenvalue weighted by Crippen LogP contribution is 2.21. The van der Waals surface area contributed by atoms with Crippen LogP contribution in [0.4, 0.5) is 13.2 Å². The number of aromatic nitrogens is 3. The van der Waals surface area contributed by atoms with Crippen LogP contribution in [0.25, 0.3) is 11.5 Å². The maximum Gasteiger partial charge on any atom is 0.314 e. The molecule has 0 saturated heterocycles. The zero-order valence-electron chi connectivity index (χ0n) is 12.6. The molecule has 0 fully saturated rings. The van der Waals surface area contributed by atoms with E-state index in [-0.39, 0.29) is 18.0 Å². The molecular formula is C17H10F3N3O2. The van der Waals surface area contributed by atoms with Gasteiger partial charge in [-0.25, -0.2) is 4.39 Å². The summed E-state index contributed by atoms with van der Waals surface area (Å²) in [6, 6.07) is 8.46. The molecule has 2 aromatic heterocycles. The quantitative estimate of drug-likeness (QED) is 0.685. The van der Waals surface area contributed by atoms with Crippen LogP contribution in [-0.2, 0) is 6.54 Å². The predicted molar refractivity (Wildman–Crippen MR) is 82.2 cm³/mol.